The van der Waals surface area contributed by atoms with E-state index in [4.69, 9.17) is 0 Å². The second kappa shape index (κ2) is 7.25. The van der Waals surface area contributed by atoms with Crippen LogP contribution in [0.5, 0.6) is 0 Å². The van der Waals surface area contributed by atoms with Gasteiger partial charge in [-0.05, 0) is 42.5 Å². The van der Waals surface area contributed by atoms with Crippen molar-refractivity contribution in [1.82, 2.24) is 14.8 Å². The zero-order valence-corrected chi connectivity index (χ0v) is 12.4. The Labute approximate surface area is 131 Å². The zero-order chi connectivity index (χ0) is 16.8. The molecule has 1 aromatic carbocycles. The number of nitrogens with zero attached hydrogens (tertiary/aromatic N) is 4. The highest BCUT2D eigenvalue weighted by molar-refractivity contribution is 5.95. The molecule has 0 fully saturated rings. The molecule has 0 aliphatic heterocycles. The molecule has 9 nitrogen and oxygen atoms in total. The number of anilines is 1. The summed E-state index contributed by atoms with van der Waals surface area (Å²) in [7, 11) is 0. The van der Waals surface area contributed by atoms with E-state index in [1.54, 1.807) is 24.3 Å². The van der Waals surface area contributed by atoms with Gasteiger partial charge in [-0.25, -0.2) is 0 Å². The first-order chi connectivity index (χ1) is 11.0. The fourth-order valence-electron chi connectivity index (χ4n) is 1.89. The highest BCUT2D eigenvalue weighted by atomic mass is 16.6. The van der Waals surface area contributed by atoms with E-state index in [1.165, 1.54) is 17.9 Å². The second-order valence-corrected chi connectivity index (χ2v) is 4.85. The zero-order valence-electron chi connectivity index (χ0n) is 12.4. The van der Waals surface area contributed by atoms with E-state index in [1.807, 2.05) is 0 Å². The quantitative estimate of drug-likeness (QED) is 0.472. The molecular formula is C14H15N5O4. The molecule has 0 unspecified atom stereocenters. The van der Waals surface area contributed by atoms with Crippen LogP contribution in [-0.4, -0.2) is 31.4 Å². The van der Waals surface area contributed by atoms with Gasteiger partial charge in [-0.2, -0.15) is 4.68 Å². The Morgan fingerprint density at radius 1 is 1.30 bits per heavy atom. The fourth-order valence-corrected chi connectivity index (χ4v) is 1.89. The molecule has 1 amide bonds. The van der Waals surface area contributed by atoms with Gasteiger partial charge < -0.3 is 15.4 Å². The van der Waals surface area contributed by atoms with E-state index in [2.05, 4.69) is 15.4 Å². The van der Waals surface area contributed by atoms with Gasteiger partial charge in [0.2, 0.25) is 12.2 Å². The molecule has 0 radical (unpaired) electrons. The van der Waals surface area contributed by atoms with Crippen molar-refractivity contribution in [3.63, 3.8) is 0 Å². The third-order valence-electron chi connectivity index (χ3n) is 3.05. The third-order valence-corrected chi connectivity index (χ3v) is 3.05. The van der Waals surface area contributed by atoms with Crippen LogP contribution in [0.2, 0.25) is 0 Å². The van der Waals surface area contributed by atoms with Crippen molar-refractivity contribution in [3.8, 4) is 0 Å². The minimum atomic E-state index is -0.673. The molecule has 0 spiro atoms. The topological polar surface area (TPSA) is 120 Å². The van der Waals surface area contributed by atoms with Crippen molar-refractivity contribution in [1.29, 1.82) is 0 Å². The van der Waals surface area contributed by atoms with E-state index in [0.717, 1.165) is 0 Å². The van der Waals surface area contributed by atoms with Gasteiger partial charge in [-0.15, -0.1) is 0 Å². The first-order valence-corrected chi connectivity index (χ1v) is 6.90. The van der Waals surface area contributed by atoms with Crippen LogP contribution in [0, 0.1) is 10.1 Å². The molecule has 23 heavy (non-hydrogen) atoms. The van der Waals surface area contributed by atoms with Gasteiger partial charge in [0.25, 0.3) is 0 Å². The molecule has 1 heterocycles. The average Bonchev–Trinajstić information content (AvgIpc) is 2.97. The van der Waals surface area contributed by atoms with Gasteiger partial charge >= 0.3 is 5.95 Å². The summed E-state index contributed by atoms with van der Waals surface area (Å²) in [5.41, 5.74) is 1.19. The van der Waals surface area contributed by atoms with E-state index in [0.29, 0.717) is 24.2 Å². The first-order valence-electron chi connectivity index (χ1n) is 6.90. The maximum Gasteiger partial charge on any atom is 0.490 e. The predicted molar refractivity (Wildman–Crippen MR) is 81.0 cm³/mol. The molecule has 0 aliphatic rings. The lowest BCUT2D eigenvalue weighted by Gasteiger charge is -2.05. The van der Waals surface area contributed by atoms with Crippen molar-refractivity contribution >= 4 is 23.3 Å². The molecule has 120 valence electrons. The van der Waals surface area contributed by atoms with Gasteiger partial charge in [0.05, 0.1) is 6.54 Å². The van der Waals surface area contributed by atoms with Crippen LogP contribution in [0.15, 0.2) is 30.6 Å². The molecule has 0 aliphatic carbocycles. The maximum atomic E-state index is 11.8. The number of ketones is 1. The van der Waals surface area contributed by atoms with Crippen molar-refractivity contribution in [3.05, 3.63) is 46.3 Å². The summed E-state index contributed by atoms with van der Waals surface area (Å²) in [5, 5.41) is 16.8. The molecule has 0 atom stereocenters. The van der Waals surface area contributed by atoms with Crippen LogP contribution in [0.25, 0.3) is 0 Å². The van der Waals surface area contributed by atoms with Crippen LogP contribution >= 0.6 is 0 Å². The number of hydrogen-bond donors (Lipinski definition) is 1. The molecule has 0 saturated heterocycles. The molecule has 2 rings (SSSR count). The van der Waals surface area contributed by atoms with Crippen molar-refractivity contribution in [2.24, 2.45) is 0 Å². The molecule has 0 bridgehead atoms. The van der Waals surface area contributed by atoms with Gasteiger partial charge in [-0.1, -0.05) is 4.98 Å². The number of nitro groups is 1. The number of hydrogen-bond acceptors (Lipinski definition) is 6. The van der Waals surface area contributed by atoms with Crippen LogP contribution in [-0.2, 0) is 11.3 Å². The Kier molecular flexibility index (Phi) is 5.13. The lowest BCUT2D eigenvalue weighted by atomic mass is 10.1. The normalized spacial score (nSPS) is 10.3. The van der Waals surface area contributed by atoms with Gasteiger partial charge in [0.15, 0.2) is 5.78 Å². The number of Topliss-reactive ketones (excluding diaryl/α,β-unsaturated/α-hetero) is 1. The Balaban J connectivity index is 1.78. The number of nitrogens with one attached hydrogen (secondary N) is 1. The Morgan fingerprint density at radius 3 is 2.57 bits per heavy atom. The molecule has 1 N–H and O–H groups in total. The van der Waals surface area contributed by atoms with Crippen LogP contribution in [0.4, 0.5) is 11.6 Å². The first kappa shape index (κ1) is 16.3. The second-order valence-electron chi connectivity index (χ2n) is 4.85. The predicted octanol–water partition coefficient (Wildman–Crippen LogP) is 1.81. The number of aromatic nitrogens is 3. The number of amides is 1. The largest absolute Gasteiger partial charge is 0.490 e. The minimum absolute atomic E-state index is 0.0372. The molecule has 0 saturated carbocycles. The summed E-state index contributed by atoms with van der Waals surface area (Å²) in [6.07, 6.45) is 1.97. The van der Waals surface area contributed by atoms with Gasteiger partial charge in [0, 0.05) is 22.8 Å². The van der Waals surface area contributed by atoms with Gasteiger partial charge in [-0.3, -0.25) is 9.59 Å². The van der Waals surface area contributed by atoms with Crippen LogP contribution in [0.1, 0.15) is 30.1 Å². The molecule has 2 aromatic rings. The molecular weight excluding hydrogens is 302 g/mol. The van der Waals surface area contributed by atoms with Crippen LogP contribution < -0.4 is 5.32 Å². The van der Waals surface area contributed by atoms with E-state index >= 15 is 0 Å². The Bertz CT molecular complexity index is 723. The lowest BCUT2D eigenvalue weighted by molar-refractivity contribution is -0.394. The van der Waals surface area contributed by atoms with Crippen molar-refractivity contribution in [2.75, 3.05) is 5.32 Å². The van der Waals surface area contributed by atoms with Crippen LogP contribution in [0.3, 0.4) is 0 Å². The molecule has 1 aromatic heterocycles. The SMILES string of the molecule is CC(=O)c1ccc(NC(=O)CCCn2cnc([N+](=O)[O-])n2)cc1. The van der Waals surface area contributed by atoms with E-state index in [9.17, 15) is 19.7 Å². The third kappa shape index (κ3) is 4.70. The highest BCUT2D eigenvalue weighted by Gasteiger charge is 2.13. The summed E-state index contributed by atoms with van der Waals surface area (Å²) < 4.78 is 1.33. The molecule has 9 heteroatoms. The fraction of sp³-hybridized carbons (Fsp3) is 0.286. The smallest absolute Gasteiger partial charge is 0.390 e. The van der Waals surface area contributed by atoms with E-state index < -0.39 is 10.9 Å². The number of aryl methyl sites for hydroxylation is 1. The monoisotopic (exact) mass is 317 g/mol. The number of rotatable bonds is 7. The minimum Gasteiger partial charge on any atom is -0.390 e. The summed E-state index contributed by atoms with van der Waals surface area (Å²) >= 11 is 0. The number of benzene rings is 1. The highest BCUT2D eigenvalue weighted by Crippen LogP contribution is 2.11. The average molecular weight is 317 g/mol. The Hall–Kier alpha value is -3.10. The van der Waals surface area contributed by atoms with E-state index in [-0.39, 0.29) is 18.1 Å². The standard InChI is InChI=1S/C14H15N5O4/c1-10(20)11-4-6-12(7-5-11)16-13(21)3-2-8-18-9-15-14(17-18)19(22)23/h4-7,9H,2-3,8H2,1H3,(H,16,21). The number of carbonyl (C=O) groups is 2. The summed E-state index contributed by atoms with van der Waals surface area (Å²) in [6.45, 7) is 1.83. The summed E-state index contributed by atoms with van der Waals surface area (Å²) in [5.74, 6) is -0.681. The maximum absolute atomic E-state index is 11.8. The van der Waals surface area contributed by atoms with Crippen molar-refractivity contribution < 1.29 is 14.5 Å². The van der Waals surface area contributed by atoms with Crippen molar-refractivity contribution in [2.45, 2.75) is 26.3 Å². The summed E-state index contributed by atoms with van der Waals surface area (Å²) in [4.78, 5) is 36.3. The lowest BCUT2D eigenvalue weighted by Crippen LogP contribution is -2.12. The van der Waals surface area contributed by atoms with Gasteiger partial charge in [0.1, 0.15) is 0 Å². The Morgan fingerprint density at radius 2 is 2.00 bits per heavy atom. The summed E-state index contributed by atoms with van der Waals surface area (Å²) in [6, 6.07) is 6.61. The number of carbonyl (C=O) groups excluding carboxylic acids is 2.